The van der Waals surface area contributed by atoms with Gasteiger partial charge >= 0.3 is 0 Å². The maximum Gasteiger partial charge on any atom is 0.181 e. The summed E-state index contributed by atoms with van der Waals surface area (Å²) in [4.78, 5) is 10.3. The highest BCUT2D eigenvalue weighted by atomic mass is 17.2. The Morgan fingerprint density at radius 2 is 1.06 bits per heavy atom. The van der Waals surface area contributed by atoms with Gasteiger partial charge in [-0.15, -0.1) is 0 Å². The average molecular weight is 507 g/mol. The smallest absolute Gasteiger partial charge is 0.181 e. The minimum absolute atomic E-state index is 0.166. The molecule has 2 aliphatic carbocycles. The zero-order valence-corrected chi connectivity index (χ0v) is 22.6. The van der Waals surface area contributed by atoms with E-state index in [1.54, 1.807) is 0 Å². The molecule has 3 atom stereocenters. The molecule has 0 unspecified atom stereocenters. The maximum atomic E-state index is 5.98. The summed E-state index contributed by atoms with van der Waals surface area (Å²) < 4.78 is 38.5. The lowest BCUT2D eigenvalue weighted by Gasteiger charge is -2.38. The number of fused-ring (bicyclic) bond motifs is 2. The van der Waals surface area contributed by atoms with Crippen molar-refractivity contribution >= 4 is 0 Å². The minimum Gasteiger partial charge on any atom is -0.379 e. The van der Waals surface area contributed by atoms with Gasteiger partial charge in [0.15, 0.2) is 6.79 Å². The molecule has 2 aliphatic rings. The highest BCUT2D eigenvalue weighted by molar-refractivity contribution is 5.10. The van der Waals surface area contributed by atoms with Crippen molar-refractivity contribution < 1.29 is 42.9 Å². The van der Waals surface area contributed by atoms with E-state index in [0.29, 0.717) is 84.7 Å². The predicted octanol–water partition coefficient (Wildman–Crippen LogP) is 3.63. The number of ether oxygens (including phenoxy) is 7. The second-order valence-electron chi connectivity index (χ2n) is 10.00. The molecular formula is C26H50O9. The summed E-state index contributed by atoms with van der Waals surface area (Å²) in [5, 5.41) is 0. The van der Waals surface area contributed by atoms with Crippen LogP contribution in [0.4, 0.5) is 0 Å². The molecule has 9 heteroatoms. The van der Waals surface area contributed by atoms with Crippen LogP contribution >= 0.6 is 0 Å². The molecule has 2 bridgehead atoms. The third kappa shape index (κ3) is 10.9. The van der Waals surface area contributed by atoms with Gasteiger partial charge < -0.3 is 33.2 Å². The second-order valence-corrected chi connectivity index (χ2v) is 10.00. The van der Waals surface area contributed by atoms with Crippen molar-refractivity contribution in [3.05, 3.63) is 0 Å². The van der Waals surface area contributed by atoms with Gasteiger partial charge in [-0.3, -0.25) is 0 Å². The summed E-state index contributed by atoms with van der Waals surface area (Å²) >= 11 is 0. The van der Waals surface area contributed by atoms with Crippen LogP contribution in [0.3, 0.4) is 0 Å². The maximum absolute atomic E-state index is 5.98. The van der Waals surface area contributed by atoms with E-state index in [4.69, 9.17) is 42.9 Å². The molecule has 0 N–H and O–H groups in total. The number of hydrogen-bond donors (Lipinski definition) is 0. The van der Waals surface area contributed by atoms with Gasteiger partial charge in [0.1, 0.15) is 6.61 Å². The zero-order valence-electron chi connectivity index (χ0n) is 22.6. The fraction of sp³-hybridized carbons (Fsp3) is 1.00. The molecule has 2 fully saturated rings. The Hall–Kier alpha value is -0.360. The van der Waals surface area contributed by atoms with Crippen molar-refractivity contribution in [3.8, 4) is 0 Å². The first-order chi connectivity index (χ1) is 17.0. The first-order valence-electron chi connectivity index (χ1n) is 13.3. The monoisotopic (exact) mass is 506 g/mol. The number of hydrogen-bond acceptors (Lipinski definition) is 9. The molecule has 0 aromatic carbocycles. The molecule has 35 heavy (non-hydrogen) atoms. The molecule has 0 aromatic rings. The van der Waals surface area contributed by atoms with Gasteiger partial charge in [-0.2, -0.15) is 0 Å². The lowest BCUT2D eigenvalue weighted by atomic mass is 9.70. The molecule has 208 valence electrons. The van der Waals surface area contributed by atoms with Gasteiger partial charge in [-0.1, -0.05) is 27.7 Å². The highest BCUT2D eigenvalue weighted by Crippen LogP contribution is 2.66. The second kappa shape index (κ2) is 18.0. The predicted molar refractivity (Wildman–Crippen MR) is 131 cm³/mol. The molecule has 0 amide bonds. The van der Waals surface area contributed by atoms with Gasteiger partial charge in [0.25, 0.3) is 0 Å². The van der Waals surface area contributed by atoms with E-state index in [9.17, 15) is 0 Å². The van der Waals surface area contributed by atoms with Crippen molar-refractivity contribution in [2.45, 2.75) is 59.5 Å². The standard InChI is InChI=1S/C26H50O9/c1-5-8-27-9-10-28-11-12-29-13-14-30-15-16-31-17-18-32-19-20-34-35-22-33-24-21-23-6-7-26(24,4)25(23,2)3/h23-24H,5-22H2,1-4H3/t23-,24-,26+/m0/s1. The van der Waals surface area contributed by atoms with Crippen molar-refractivity contribution in [1.29, 1.82) is 0 Å². The van der Waals surface area contributed by atoms with E-state index < -0.39 is 0 Å². The van der Waals surface area contributed by atoms with E-state index in [2.05, 4.69) is 27.7 Å². The number of rotatable bonds is 24. The summed E-state index contributed by atoms with van der Waals surface area (Å²) in [6, 6.07) is 0. The van der Waals surface area contributed by atoms with Crippen molar-refractivity contribution in [3.63, 3.8) is 0 Å². The van der Waals surface area contributed by atoms with Gasteiger partial charge in [-0.25, -0.2) is 9.78 Å². The SMILES string of the molecule is CCCOCCOCCOCCOCCOCCOCCOOCO[C@H]1C[C@@H]2CC[C@@]1(C)C2(C)C. The summed E-state index contributed by atoms with van der Waals surface area (Å²) in [5.41, 5.74) is 0.579. The average Bonchev–Trinajstić information content (AvgIpc) is 3.18. The lowest BCUT2D eigenvalue weighted by molar-refractivity contribution is -0.349. The Morgan fingerprint density at radius 1 is 0.600 bits per heavy atom. The molecule has 0 saturated heterocycles. The van der Waals surface area contributed by atoms with Crippen LogP contribution < -0.4 is 0 Å². The molecule has 9 nitrogen and oxygen atoms in total. The molecule has 0 aliphatic heterocycles. The largest absolute Gasteiger partial charge is 0.379 e. The fourth-order valence-corrected chi connectivity index (χ4v) is 5.02. The van der Waals surface area contributed by atoms with Crippen LogP contribution in [0.2, 0.25) is 0 Å². The van der Waals surface area contributed by atoms with Crippen molar-refractivity contribution in [1.82, 2.24) is 0 Å². The fourth-order valence-electron chi connectivity index (χ4n) is 5.02. The van der Waals surface area contributed by atoms with Crippen LogP contribution in [-0.2, 0) is 42.9 Å². The molecule has 0 spiro atoms. The Morgan fingerprint density at radius 3 is 1.46 bits per heavy atom. The Kier molecular flexibility index (Phi) is 15.9. The van der Waals surface area contributed by atoms with Crippen LogP contribution in [0, 0.1) is 16.7 Å². The summed E-state index contributed by atoms with van der Waals surface area (Å²) in [6.45, 7) is 16.5. The van der Waals surface area contributed by atoms with Crippen molar-refractivity contribution in [2.24, 2.45) is 16.7 Å². The third-order valence-electron chi connectivity index (χ3n) is 7.63. The molecule has 0 radical (unpaired) electrons. The Labute approximate surface area is 212 Å². The van der Waals surface area contributed by atoms with E-state index in [0.717, 1.165) is 25.4 Å². The van der Waals surface area contributed by atoms with E-state index in [1.165, 1.54) is 12.8 Å². The summed E-state index contributed by atoms with van der Waals surface area (Å²) in [7, 11) is 0. The molecule has 0 heterocycles. The molecule has 2 rings (SSSR count). The normalized spacial score (nSPS) is 25.0. The van der Waals surface area contributed by atoms with Gasteiger partial charge in [-0.05, 0) is 42.4 Å². The summed E-state index contributed by atoms with van der Waals surface area (Å²) in [5.74, 6) is 0.756. The first kappa shape index (κ1) is 30.9. The Bertz CT molecular complexity index is 519. The van der Waals surface area contributed by atoms with Gasteiger partial charge in [0, 0.05) is 6.61 Å². The van der Waals surface area contributed by atoms with E-state index in [-0.39, 0.29) is 18.3 Å². The van der Waals surface area contributed by atoms with Gasteiger partial charge in [0.2, 0.25) is 0 Å². The quantitative estimate of drug-likeness (QED) is 0.0843. The molecular weight excluding hydrogens is 456 g/mol. The van der Waals surface area contributed by atoms with Crippen LogP contribution in [0.1, 0.15) is 53.4 Å². The zero-order chi connectivity index (χ0) is 25.2. The molecule has 2 saturated carbocycles. The first-order valence-corrected chi connectivity index (χ1v) is 13.3. The molecule has 0 aromatic heterocycles. The third-order valence-corrected chi connectivity index (χ3v) is 7.63. The summed E-state index contributed by atoms with van der Waals surface area (Å²) in [6.07, 6.45) is 4.96. The lowest BCUT2D eigenvalue weighted by Crippen LogP contribution is -2.37. The van der Waals surface area contributed by atoms with Crippen LogP contribution in [0.15, 0.2) is 0 Å². The Balaban J connectivity index is 1.23. The van der Waals surface area contributed by atoms with Crippen molar-refractivity contribution in [2.75, 3.05) is 92.7 Å². The topological polar surface area (TPSA) is 83.1 Å². The van der Waals surface area contributed by atoms with Crippen LogP contribution in [0.5, 0.6) is 0 Å². The van der Waals surface area contributed by atoms with Crippen LogP contribution in [0.25, 0.3) is 0 Å². The minimum atomic E-state index is 0.166. The highest BCUT2D eigenvalue weighted by Gasteiger charge is 2.61. The van der Waals surface area contributed by atoms with Crippen LogP contribution in [-0.4, -0.2) is 98.8 Å². The van der Waals surface area contributed by atoms with Gasteiger partial charge in [0.05, 0.1) is 78.8 Å². The van der Waals surface area contributed by atoms with E-state index in [1.807, 2.05) is 0 Å². The van der Waals surface area contributed by atoms with E-state index >= 15 is 0 Å².